The Bertz CT molecular complexity index is 974. The molecule has 0 spiro atoms. The number of carboxylic acid groups (broad SMARTS) is 1. The lowest BCUT2D eigenvalue weighted by Gasteiger charge is -2.25. The maximum Gasteiger partial charge on any atom is 0.394 e. The van der Waals surface area contributed by atoms with E-state index in [1.807, 2.05) is 0 Å². The van der Waals surface area contributed by atoms with Crippen molar-refractivity contribution in [1.29, 1.82) is 0 Å². The van der Waals surface area contributed by atoms with Gasteiger partial charge < -0.3 is 25.6 Å². The summed E-state index contributed by atoms with van der Waals surface area (Å²) in [6, 6.07) is 7.62. The molecule has 1 saturated carbocycles. The van der Waals surface area contributed by atoms with E-state index in [2.05, 4.69) is 10.6 Å². The predicted octanol–water partition coefficient (Wildman–Crippen LogP) is 3.35. The summed E-state index contributed by atoms with van der Waals surface area (Å²) in [4.78, 5) is 34.5. The van der Waals surface area contributed by atoms with Crippen molar-refractivity contribution in [3.05, 3.63) is 47.0 Å². The zero-order valence-electron chi connectivity index (χ0n) is 16.8. The highest BCUT2D eigenvalue weighted by molar-refractivity contribution is 6.36. The standard InChI is InChI=1S/C22H24N2O6/c1-12-8-15(24-21(27)22(28)29)9-13(2)19(12)30-16-6-7-18(25)17(10-16)20(26)23-11-14-4-3-5-14/h6-10,14,25H,3-5,11H2,1-2H3,(H,23,26)(H,24,27)(H,28,29). The van der Waals surface area contributed by atoms with E-state index in [0.717, 1.165) is 12.8 Å². The Morgan fingerprint density at radius 2 is 1.77 bits per heavy atom. The minimum atomic E-state index is -1.57. The van der Waals surface area contributed by atoms with Gasteiger partial charge in [-0.05, 0) is 74.1 Å². The van der Waals surface area contributed by atoms with Crippen LogP contribution >= 0.6 is 0 Å². The Morgan fingerprint density at radius 3 is 2.33 bits per heavy atom. The number of ether oxygens (including phenoxy) is 1. The third-order valence-electron chi connectivity index (χ3n) is 5.12. The number of rotatable bonds is 6. The normalized spacial score (nSPS) is 13.3. The van der Waals surface area contributed by atoms with Gasteiger partial charge >= 0.3 is 11.9 Å². The summed E-state index contributed by atoms with van der Waals surface area (Å²) in [6.45, 7) is 4.10. The van der Waals surface area contributed by atoms with Crippen molar-refractivity contribution < 1.29 is 29.3 Å². The first-order chi connectivity index (χ1) is 14.2. The van der Waals surface area contributed by atoms with E-state index in [1.165, 1.54) is 18.6 Å². The number of aliphatic carboxylic acids is 1. The molecule has 0 bridgehead atoms. The summed E-state index contributed by atoms with van der Waals surface area (Å²) in [6.07, 6.45) is 3.40. The number of carbonyl (C=O) groups excluding carboxylic acids is 2. The molecule has 2 aromatic rings. The van der Waals surface area contributed by atoms with Crippen LogP contribution in [0.3, 0.4) is 0 Å². The zero-order chi connectivity index (χ0) is 21.8. The minimum absolute atomic E-state index is 0.131. The van der Waals surface area contributed by atoms with Gasteiger partial charge in [0.2, 0.25) is 0 Å². The van der Waals surface area contributed by atoms with E-state index in [0.29, 0.717) is 40.8 Å². The first-order valence-corrected chi connectivity index (χ1v) is 9.69. The molecule has 1 aliphatic rings. The van der Waals surface area contributed by atoms with Gasteiger partial charge in [-0.1, -0.05) is 6.42 Å². The number of carbonyl (C=O) groups is 3. The van der Waals surface area contributed by atoms with Crippen LogP contribution in [0.1, 0.15) is 40.7 Å². The van der Waals surface area contributed by atoms with Crippen LogP contribution < -0.4 is 15.4 Å². The van der Waals surface area contributed by atoms with E-state index >= 15 is 0 Å². The number of hydrogen-bond acceptors (Lipinski definition) is 5. The summed E-state index contributed by atoms with van der Waals surface area (Å²) >= 11 is 0. The fraction of sp³-hybridized carbons (Fsp3) is 0.318. The average molecular weight is 412 g/mol. The third-order valence-corrected chi connectivity index (χ3v) is 5.12. The number of phenols is 1. The van der Waals surface area contributed by atoms with Crippen molar-refractivity contribution in [2.75, 3.05) is 11.9 Å². The number of nitrogens with one attached hydrogen (secondary N) is 2. The summed E-state index contributed by atoms with van der Waals surface area (Å²) in [5, 5.41) is 23.9. The smallest absolute Gasteiger partial charge is 0.394 e. The second-order valence-corrected chi connectivity index (χ2v) is 7.49. The molecule has 2 amide bonds. The van der Waals surface area contributed by atoms with Gasteiger partial charge in [-0.2, -0.15) is 0 Å². The van der Waals surface area contributed by atoms with Gasteiger partial charge in [0.15, 0.2) is 0 Å². The Kier molecular flexibility index (Phi) is 6.25. The second kappa shape index (κ2) is 8.86. The van der Waals surface area contributed by atoms with Crippen LogP contribution in [0, 0.1) is 19.8 Å². The third kappa shape index (κ3) is 4.89. The summed E-state index contributed by atoms with van der Waals surface area (Å²) in [5.41, 5.74) is 1.80. The number of anilines is 1. The van der Waals surface area contributed by atoms with Crippen LogP contribution in [-0.2, 0) is 9.59 Å². The number of hydrogen-bond donors (Lipinski definition) is 4. The molecule has 2 aromatic carbocycles. The minimum Gasteiger partial charge on any atom is -0.507 e. The van der Waals surface area contributed by atoms with Crippen LogP contribution in [0.25, 0.3) is 0 Å². The number of aryl methyl sites for hydroxylation is 2. The van der Waals surface area contributed by atoms with Gasteiger partial charge in [0.1, 0.15) is 17.2 Å². The Morgan fingerprint density at radius 1 is 1.10 bits per heavy atom. The highest BCUT2D eigenvalue weighted by atomic mass is 16.5. The number of benzene rings is 2. The molecule has 0 aliphatic heterocycles. The van der Waals surface area contributed by atoms with Gasteiger partial charge in [-0.15, -0.1) is 0 Å². The molecule has 1 aliphatic carbocycles. The Balaban J connectivity index is 1.76. The highest BCUT2D eigenvalue weighted by Gasteiger charge is 2.20. The SMILES string of the molecule is Cc1cc(NC(=O)C(=O)O)cc(C)c1Oc1ccc(O)c(C(=O)NCC2CCC2)c1. The van der Waals surface area contributed by atoms with Gasteiger partial charge in [0.05, 0.1) is 5.56 Å². The average Bonchev–Trinajstić information content (AvgIpc) is 2.64. The fourth-order valence-corrected chi connectivity index (χ4v) is 3.28. The molecule has 4 N–H and O–H groups in total. The number of carboxylic acids is 1. The van der Waals surface area contributed by atoms with Crippen LogP contribution in [0.4, 0.5) is 5.69 Å². The van der Waals surface area contributed by atoms with E-state index in [9.17, 15) is 19.5 Å². The molecule has 0 aromatic heterocycles. The van der Waals surface area contributed by atoms with Crippen molar-refractivity contribution in [3.63, 3.8) is 0 Å². The summed E-state index contributed by atoms with van der Waals surface area (Å²) in [5.74, 6) is -1.80. The first kappa shape index (κ1) is 21.2. The van der Waals surface area contributed by atoms with Crippen LogP contribution in [0.2, 0.25) is 0 Å². The van der Waals surface area contributed by atoms with Crippen LogP contribution in [0.15, 0.2) is 30.3 Å². The monoisotopic (exact) mass is 412 g/mol. The van der Waals surface area contributed by atoms with Crippen molar-refractivity contribution in [2.24, 2.45) is 5.92 Å². The molecule has 30 heavy (non-hydrogen) atoms. The molecule has 8 heteroatoms. The largest absolute Gasteiger partial charge is 0.507 e. The van der Waals surface area contributed by atoms with Crippen molar-refractivity contribution in [3.8, 4) is 17.2 Å². The van der Waals surface area contributed by atoms with E-state index in [-0.39, 0.29) is 17.2 Å². The molecule has 0 radical (unpaired) electrons. The molecule has 158 valence electrons. The van der Waals surface area contributed by atoms with E-state index < -0.39 is 11.9 Å². The van der Waals surface area contributed by atoms with Gasteiger partial charge in [0.25, 0.3) is 5.91 Å². The Labute approximate surface area is 173 Å². The maximum atomic E-state index is 12.4. The molecule has 0 heterocycles. The fourth-order valence-electron chi connectivity index (χ4n) is 3.28. The number of amides is 2. The van der Waals surface area contributed by atoms with Gasteiger partial charge in [-0.25, -0.2) is 4.79 Å². The second-order valence-electron chi connectivity index (χ2n) is 7.49. The Hall–Kier alpha value is -3.55. The van der Waals surface area contributed by atoms with Crippen LogP contribution in [-0.4, -0.2) is 34.5 Å². The van der Waals surface area contributed by atoms with Crippen molar-refractivity contribution in [2.45, 2.75) is 33.1 Å². The molecule has 0 atom stereocenters. The van der Waals surface area contributed by atoms with Crippen molar-refractivity contribution in [1.82, 2.24) is 5.32 Å². The first-order valence-electron chi connectivity index (χ1n) is 9.69. The molecule has 0 saturated heterocycles. The van der Waals surface area contributed by atoms with Gasteiger partial charge in [0, 0.05) is 12.2 Å². The highest BCUT2D eigenvalue weighted by Crippen LogP contribution is 2.33. The lowest BCUT2D eigenvalue weighted by atomic mass is 9.85. The topological polar surface area (TPSA) is 125 Å². The van der Waals surface area contributed by atoms with Gasteiger partial charge in [-0.3, -0.25) is 9.59 Å². The van der Waals surface area contributed by atoms with Crippen molar-refractivity contribution >= 4 is 23.5 Å². The lowest BCUT2D eigenvalue weighted by molar-refractivity contribution is -0.147. The number of phenolic OH excluding ortho intramolecular Hbond substituents is 1. The number of aromatic hydroxyl groups is 1. The molecule has 0 unspecified atom stereocenters. The maximum absolute atomic E-state index is 12.4. The van der Waals surface area contributed by atoms with E-state index in [1.54, 1.807) is 32.0 Å². The molecule has 3 rings (SSSR count). The van der Waals surface area contributed by atoms with E-state index in [4.69, 9.17) is 9.84 Å². The predicted molar refractivity (Wildman–Crippen MR) is 110 cm³/mol. The molecule has 8 nitrogen and oxygen atoms in total. The molecular formula is C22H24N2O6. The summed E-state index contributed by atoms with van der Waals surface area (Å²) in [7, 11) is 0. The molecule has 1 fully saturated rings. The summed E-state index contributed by atoms with van der Waals surface area (Å²) < 4.78 is 5.93. The molecular weight excluding hydrogens is 388 g/mol. The zero-order valence-corrected chi connectivity index (χ0v) is 16.8. The lowest BCUT2D eigenvalue weighted by Crippen LogP contribution is -2.32. The quantitative estimate of drug-likeness (QED) is 0.539. The van der Waals surface area contributed by atoms with Crippen LogP contribution in [0.5, 0.6) is 17.2 Å².